The molecule has 80 valence electrons. The van der Waals surface area contributed by atoms with E-state index in [1.807, 2.05) is 0 Å². The summed E-state index contributed by atoms with van der Waals surface area (Å²) in [6, 6.07) is -0.361. The van der Waals surface area contributed by atoms with Crippen molar-refractivity contribution in [3.63, 3.8) is 0 Å². The molecule has 8 heteroatoms. The summed E-state index contributed by atoms with van der Waals surface area (Å²) in [7, 11) is 0. The second kappa shape index (κ2) is 3.58. The van der Waals surface area contributed by atoms with Crippen LogP contribution < -0.4 is 17.3 Å². The molecule has 0 aliphatic carbocycles. The maximum absolute atomic E-state index is 5.89. The minimum absolute atomic E-state index is 0.144. The van der Waals surface area contributed by atoms with Crippen LogP contribution in [0.15, 0.2) is 12.5 Å². The first kappa shape index (κ1) is 9.46. The van der Waals surface area contributed by atoms with Crippen LogP contribution in [-0.2, 0) is 6.42 Å². The fourth-order valence-corrected chi connectivity index (χ4v) is 1.29. The van der Waals surface area contributed by atoms with Crippen molar-refractivity contribution in [2.24, 2.45) is 5.73 Å². The van der Waals surface area contributed by atoms with Gasteiger partial charge in [-0.05, 0) is 0 Å². The smallest absolute Gasteiger partial charge is 0.240 e. The Morgan fingerprint density at radius 1 is 1.47 bits per heavy atom. The van der Waals surface area contributed by atoms with E-state index < -0.39 is 0 Å². The van der Waals surface area contributed by atoms with E-state index in [2.05, 4.69) is 20.2 Å². The van der Waals surface area contributed by atoms with Gasteiger partial charge in [-0.3, -0.25) is 0 Å². The number of hydrogen-bond acceptors (Lipinski definition) is 6. The van der Waals surface area contributed by atoms with E-state index in [1.165, 1.54) is 4.68 Å². The number of nitrogen functional groups attached to an aromatic ring is 2. The van der Waals surface area contributed by atoms with Gasteiger partial charge in [-0.25, -0.2) is 9.66 Å². The third-order valence-electron chi connectivity index (χ3n) is 2.07. The lowest BCUT2D eigenvalue weighted by Crippen LogP contribution is -2.24. The first-order valence-electron chi connectivity index (χ1n) is 4.37. The van der Waals surface area contributed by atoms with Gasteiger partial charge in [0.15, 0.2) is 5.82 Å². The maximum atomic E-state index is 5.89. The number of anilines is 1. The molecule has 15 heavy (non-hydrogen) atoms. The minimum Gasteiger partial charge on any atom is -0.366 e. The zero-order chi connectivity index (χ0) is 10.8. The van der Waals surface area contributed by atoms with E-state index in [0.717, 1.165) is 5.69 Å². The van der Waals surface area contributed by atoms with E-state index in [-0.39, 0.29) is 12.0 Å². The number of imidazole rings is 1. The molecule has 0 saturated heterocycles. The predicted octanol–water partition coefficient (Wildman–Crippen LogP) is -1.46. The number of hydrogen-bond donors (Lipinski definition) is 4. The predicted molar refractivity (Wildman–Crippen MR) is 53.8 cm³/mol. The SMILES string of the molecule is Nc1nnc([C@H](N)Cc2cnc[nH]2)n1N. The van der Waals surface area contributed by atoms with Gasteiger partial charge < -0.3 is 22.3 Å². The Kier molecular flexibility index (Phi) is 2.26. The average molecular weight is 208 g/mol. The highest BCUT2D eigenvalue weighted by Gasteiger charge is 2.16. The topological polar surface area (TPSA) is 137 Å². The summed E-state index contributed by atoms with van der Waals surface area (Å²) >= 11 is 0. The molecule has 2 rings (SSSR count). The van der Waals surface area contributed by atoms with E-state index in [9.17, 15) is 0 Å². The molecule has 0 saturated carbocycles. The lowest BCUT2D eigenvalue weighted by Gasteiger charge is -2.08. The largest absolute Gasteiger partial charge is 0.366 e. The van der Waals surface area contributed by atoms with Gasteiger partial charge in [0.2, 0.25) is 5.95 Å². The van der Waals surface area contributed by atoms with Gasteiger partial charge in [-0.2, -0.15) is 0 Å². The third kappa shape index (κ3) is 1.74. The molecule has 0 radical (unpaired) electrons. The van der Waals surface area contributed by atoms with Crippen LogP contribution in [0.4, 0.5) is 5.95 Å². The lowest BCUT2D eigenvalue weighted by atomic mass is 10.2. The van der Waals surface area contributed by atoms with Crippen molar-refractivity contribution in [2.75, 3.05) is 11.6 Å². The molecule has 0 aliphatic heterocycles. The maximum Gasteiger partial charge on any atom is 0.240 e. The van der Waals surface area contributed by atoms with Crippen LogP contribution >= 0.6 is 0 Å². The highest BCUT2D eigenvalue weighted by Crippen LogP contribution is 2.12. The number of nitrogens with two attached hydrogens (primary N) is 3. The number of aromatic amines is 1. The summed E-state index contributed by atoms with van der Waals surface area (Å²) in [5.41, 5.74) is 12.2. The Morgan fingerprint density at radius 3 is 2.80 bits per heavy atom. The number of nitrogens with one attached hydrogen (secondary N) is 1. The van der Waals surface area contributed by atoms with Crippen molar-refractivity contribution in [1.82, 2.24) is 24.8 Å². The van der Waals surface area contributed by atoms with Crippen LogP contribution in [-0.4, -0.2) is 24.8 Å². The van der Waals surface area contributed by atoms with Crippen molar-refractivity contribution >= 4 is 5.95 Å². The van der Waals surface area contributed by atoms with Gasteiger partial charge in [-0.1, -0.05) is 0 Å². The fraction of sp³-hybridized carbons (Fsp3) is 0.286. The summed E-state index contributed by atoms with van der Waals surface area (Å²) in [4.78, 5) is 6.83. The molecular formula is C7H12N8. The van der Waals surface area contributed by atoms with Crippen molar-refractivity contribution in [1.29, 1.82) is 0 Å². The quantitative estimate of drug-likeness (QED) is 0.455. The first-order valence-corrected chi connectivity index (χ1v) is 4.37. The average Bonchev–Trinajstić information content (AvgIpc) is 2.79. The standard InChI is InChI=1S/C7H12N8/c8-5(1-4-2-11-3-12-4)6-13-14-7(9)15(6)10/h2-3,5H,1,8,10H2,(H2,9,14)(H,11,12)/t5-/m1/s1. The summed E-state index contributed by atoms with van der Waals surface area (Å²) in [5, 5.41) is 7.43. The van der Waals surface area contributed by atoms with Crippen molar-refractivity contribution < 1.29 is 0 Å². The zero-order valence-electron chi connectivity index (χ0n) is 7.96. The molecule has 8 nitrogen and oxygen atoms in total. The zero-order valence-corrected chi connectivity index (χ0v) is 7.96. The molecule has 0 unspecified atom stereocenters. The molecule has 0 aliphatic rings. The molecule has 0 fully saturated rings. The Bertz CT molecular complexity index is 430. The van der Waals surface area contributed by atoms with Crippen LogP contribution in [0.25, 0.3) is 0 Å². The summed E-state index contributed by atoms with van der Waals surface area (Å²) < 4.78 is 1.18. The van der Waals surface area contributed by atoms with Crippen molar-refractivity contribution in [3.05, 3.63) is 24.0 Å². The van der Waals surface area contributed by atoms with E-state index in [1.54, 1.807) is 12.5 Å². The number of rotatable bonds is 3. The Morgan fingerprint density at radius 2 is 2.27 bits per heavy atom. The second-order valence-corrected chi connectivity index (χ2v) is 3.17. The molecule has 1 atom stereocenters. The second-order valence-electron chi connectivity index (χ2n) is 3.17. The number of aromatic nitrogens is 5. The van der Waals surface area contributed by atoms with Crippen LogP contribution in [0, 0.1) is 0 Å². The summed E-state index contributed by atoms with van der Waals surface area (Å²) in [5.74, 6) is 6.18. The number of nitrogens with zero attached hydrogens (tertiary/aromatic N) is 4. The molecule has 7 N–H and O–H groups in total. The van der Waals surface area contributed by atoms with Crippen LogP contribution in [0.1, 0.15) is 17.6 Å². The fourth-order valence-electron chi connectivity index (χ4n) is 1.29. The van der Waals surface area contributed by atoms with Crippen molar-refractivity contribution in [3.8, 4) is 0 Å². The van der Waals surface area contributed by atoms with Gasteiger partial charge in [-0.15, -0.1) is 10.2 Å². The molecule has 2 aromatic rings. The summed E-state index contributed by atoms with van der Waals surface area (Å²) in [6.07, 6.45) is 3.83. The monoisotopic (exact) mass is 208 g/mol. The third-order valence-corrected chi connectivity index (χ3v) is 2.07. The molecule has 0 bridgehead atoms. The lowest BCUT2D eigenvalue weighted by molar-refractivity contribution is 0.636. The molecule has 2 aromatic heterocycles. The van der Waals surface area contributed by atoms with Gasteiger partial charge in [0.25, 0.3) is 0 Å². The molecule has 0 amide bonds. The van der Waals surface area contributed by atoms with Gasteiger partial charge in [0.05, 0.1) is 12.4 Å². The van der Waals surface area contributed by atoms with E-state index in [4.69, 9.17) is 17.3 Å². The normalized spacial score (nSPS) is 12.9. The van der Waals surface area contributed by atoms with Crippen LogP contribution in [0.2, 0.25) is 0 Å². The van der Waals surface area contributed by atoms with Crippen LogP contribution in [0.3, 0.4) is 0 Å². The van der Waals surface area contributed by atoms with E-state index in [0.29, 0.717) is 12.2 Å². The van der Waals surface area contributed by atoms with Gasteiger partial charge in [0.1, 0.15) is 0 Å². The molecule has 2 heterocycles. The number of H-pyrrole nitrogens is 1. The minimum atomic E-state index is -0.361. The molecule has 0 spiro atoms. The first-order chi connectivity index (χ1) is 7.18. The highest BCUT2D eigenvalue weighted by molar-refractivity contribution is 5.19. The highest BCUT2D eigenvalue weighted by atomic mass is 15.4. The van der Waals surface area contributed by atoms with Crippen molar-refractivity contribution in [2.45, 2.75) is 12.5 Å². The Hall–Kier alpha value is -2.09. The van der Waals surface area contributed by atoms with Gasteiger partial charge in [0, 0.05) is 18.3 Å². The summed E-state index contributed by atoms with van der Waals surface area (Å²) in [6.45, 7) is 0. The molecule has 0 aromatic carbocycles. The molecular weight excluding hydrogens is 196 g/mol. The van der Waals surface area contributed by atoms with E-state index >= 15 is 0 Å². The van der Waals surface area contributed by atoms with Gasteiger partial charge >= 0.3 is 0 Å². The Labute approximate surface area is 85.5 Å². The van der Waals surface area contributed by atoms with Crippen LogP contribution in [0.5, 0.6) is 0 Å². The Balaban J connectivity index is 2.14.